The Morgan fingerprint density at radius 3 is 2.29 bits per heavy atom. The van der Waals surface area contributed by atoms with Crippen LogP contribution in [0.15, 0.2) is 0 Å². The standard InChI is InChI=1S/C14H22O3/c15-9-10-2-1-3-13(8-10)11-4-6-12(7-5-11)14(16)17/h9-13H,1-8H2,(H,16,17). The molecule has 0 aromatic carbocycles. The molecule has 0 radical (unpaired) electrons. The van der Waals surface area contributed by atoms with Gasteiger partial charge in [0.05, 0.1) is 5.92 Å². The van der Waals surface area contributed by atoms with E-state index in [0.29, 0.717) is 11.8 Å². The maximum atomic E-state index is 10.9. The summed E-state index contributed by atoms with van der Waals surface area (Å²) in [6.07, 6.45) is 9.41. The molecule has 0 aromatic heterocycles. The zero-order valence-corrected chi connectivity index (χ0v) is 10.3. The van der Waals surface area contributed by atoms with Crippen LogP contribution in [0.5, 0.6) is 0 Å². The topological polar surface area (TPSA) is 54.4 Å². The van der Waals surface area contributed by atoms with Gasteiger partial charge in [-0.15, -0.1) is 0 Å². The average Bonchev–Trinajstić information content (AvgIpc) is 2.39. The molecule has 2 aliphatic rings. The van der Waals surface area contributed by atoms with Crippen molar-refractivity contribution in [3.05, 3.63) is 0 Å². The summed E-state index contributed by atoms with van der Waals surface area (Å²) in [5.74, 6) is 0.877. The summed E-state index contributed by atoms with van der Waals surface area (Å²) in [7, 11) is 0. The highest BCUT2D eigenvalue weighted by Crippen LogP contribution is 2.41. The normalized spacial score (nSPS) is 38.6. The highest BCUT2D eigenvalue weighted by Gasteiger charge is 2.33. The molecule has 0 heterocycles. The first kappa shape index (κ1) is 12.6. The lowest BCUT2D eigenvalue weighted by Gasteiger charge is -2.36. The van der Waals surface area contributed by atoms with Gasteiger partial charge in [-0.2, -0.15) is 0 Å². The maximum absolute atomic E-state index is 10.9. The van der Waals surface area contributed by atoms with Gasteiger partial charge in [0.1, 0.15) is 6.29 Å². The Kier molecular flexibility index (Phi) is 4.19. The molecular formula is C14H22O3. The molecule has 0 aromatic rings. The van der Waals surface area contributed by atoms with Crippen LogP contribution in [-0.4, -0.2) is 17.4 Å². The van der Waals surface area contributed by atoms with Gasteiger partial charge < -0.3 is 9.90 Å². The van der Waals surface area contributed by atoms with Gasteiger partial charge in [-0.05, 0) is 50.4 Å². The van der Waals surface area contributed by atoms with Crippen LogP contribution in [-0.2, 0) is 9.59 Å². The lowest BCUT2D eigenvalue weighted by molar-refractivity contribution is -0.143. The predicted molar refractivity (Wildman–Crippen MR) is 64.6 cm³/mol. The maximum Gasteiger partial charge on any atom is 0.306 e. The first-order chi connectivity index (χ1) is 8.20. The Balaban J connectivity index is 1.83. The van der Waals surface area contributed by atoms with Crippen LogP contribution in [0.3, 0.4) is 0 Å². The fourth-order valence-electron chi connectivity index (χ4n) is 3.66. The molecular weight excluding hydrogens is 216 g/mol. The number of hydrogen-bond acceptors (Lipinski definition) is 2. The van der Waals surface area contributed by atoms with Gasteiger partial charge in [0.15, 0.2) is 0 Å². The molecule has 2 saturated carbocycles. The number of aliphatic carboxylic acids is 1. The molecule has 96 valence electrons. The van der Waals surface area contributed by atoms with Crippen molar-refractivity contribution in [3.8, 4) is 0 Å². The molecule has 2 aliphatic carbocycles. The van der Waals surface area contributed by atoms with Crippen LogP contribution in [0.4, 0.5) is 0 Å². The Labute approximate surface area is 103 Å². The van der Waals surface area contributed by atoms with Gasteiger partial charge in [0.2, 0.25) is 0 Å². The summed E-state index contributed by atoms with van der Waals surface area (Å²) in [4.78, 5) is 21.7. The quantitative estimate of drug-likeness (QED) is 0.769. The number of carboxylic acids is 1. The van der Waals surface area contributed by atoms with Crippen molar-refractivity contribution >= 4 is 12.3 Å². The lowest BCUT2D eigenvalue weighted by atomic mass is 9.69. The Morgan fingerprint density at radius 1 is 1.00 bits per heavy atom. The van der Waals surface area contributed by atoms with E-state index in [9.17, 15) is 9.59 Å². The van der Waals surface area contributed by atoms with Crippen LogP contribution in [0.1, 0.15) is 51.4 Å². The van der Waals surface area contributed by atoms with Gasteiger partial charge in [0.25, 0.3) is 0 Å². The molecule has 2 atom stereocenters. The van der Waals surface area contributed by atoms with Crippen LogP contribution >= 0.6 is 0 Å². The van der Waals surface area contributed by atoms with E-state index in [2.05, 4.69) is 0 Å². The second-order valence-electron chi connectivity index (χ2n) is 5.77. The molecule has 2 unspecified atom stereocenters. The summed E-state index contributed by atoms with van der Waals surface area (Å²) in [5, 5.41) is 8.97. The SMILES string of the molecule is O=CC1CCCC(C2CCC(C(=O)O)CC2)C1. The van der Waals surface area contributed by atoms with E-state index < -0.39 is 5.97 Å². The largest absolute Gasteiger partial charge is 0.481 e. The molecule has 0 bridgehead atoms. The molecule has 17 heavy (non-hydrogen) atoms. The highest BCUT2D eigenvalue weighted by atomic mass is 16.4. The molecule has 2 rings (SSSR count). The summed E-state index contributed by atoms with van der Waals surface area (Å²) < 4.78 is 0. The second kappa shape index (κ2) is 5.65. The summed E-state index contributed by atoms with van der Waals surface area (Å²) in [6, 6.07) is 0. The molecule has 2 fully saturated rings. The summed E-state index contributed by atoms with van der Waals surface area (Å²) in [5.41, 5.74) is 0. The van der Waals surface area contributed by atoms with Crippen LogP contribution in [0.25, 0.3) is 0 Å². The second-order valence-corrected chi connectivity index (χ2v) is 5.77. The fourth-order valence-corrected chi connectivity index (χ4v) is 3.66. The van der Waals surface area contributed by atoms with E-state index in [1.54, 1.807) is 0 Å². The van der Waals surface area contributed by atoms with Gasteiger partial charge in [-0.3, -0.25) is 4.79 Å². The van der Waals surface area contributed by atoms with Crippen molar-refractivity contribution in [1.29, 1.82) is 0 Å². The zero-order valence-electron chi connectivity index (χ0n) is 10.3. The van der Waals surface area contributed by atoms with Crippen molar-refractivity contribution in [2.75, 3.05) is 0 Å². The molecule has 0 aliphatic heterocycles. The van der Waals surface area contributed by atoms with Crippen molar-refractivity contribution in [1.82, 2.24) is 0 Å². The van der Waals surface area contributed by atoms with Gasteiger partial charge in [-0.25, -0.2) is 0 Å². The van der Waals surface area contributed by atoms with Gasteiger partial charge in [0, 0.05) is 5.92 Å². The minimum Gasteiger partial charge on any atom is -0.481 e. The van der Waals surface area contributed by atoms with E-state index in [1.807, 2.05) is 0 Å². The van der Waals surface area contributed by atoms with E-state index >= 15 is 0 Å². The van der Waals surface area contributed by atoms with Crippen LogP contribution in [0, 0.1) is 23.7 Å². The summed E-state index contributed by atoms with van der Waals surface area (Å²) in [6.45, 7) is 0. The van der Waals surface area contributed by atoms with Crippen molar-refractivity contribution in [2.45, 2.75) is 51.4 Å². The number of carbonyl (C=O) groups is 2. The highest BCUT2D eigenvalue weighted by molar-refractivity contribution is 5.70. The van der Waals surface area contributed by atoms with Crippen LogP contribution in [0.2, 0.25) is 0 Å². The minimum atomic E-state index is -0.627. The van der Waals surface area contributed by atoms with E-state index in [-0.39, 0.29) is 11.8 Å². The molecule has 1 N–H and O–H groups in total. The van der Waals surface area contributed by atoms with E-state index in [0.717, 1.165) is 44.8 Å². The predicted octanol–water partition coefficient (Wildman–Crippen LogP) is 2.88. The molecule has 0 saturated heterocycles. The van der Waals surface area contributed by atoms with E-state index in [1.165, 1.54) is 12.8 Å². The molecule has 0 amide bonds. The Bertz CT molecular complexity index is 279. The first-order valence-corrected chi connectivity index (χ1v) is 6.88. The van der Waals surface area contributed by atoms with Gasteiger partial charge >= 0.3 is 5.97 Å². The Morgan fingerprint density at radius 2 is 1.71 bits per heavy atom. The number of aldehydes is 1. The third kappa shape index (κ3) is 3.08. The van der Waals surface area contributed by atoms with Crippen molar-refractivity contribution in [3.63, 3.8) is 0 Å². The van der Waals surface area contributed by atoms with Crippen LogP contribution < -0.4 is 0 Å². The number of hydrogen-bond donors (Lipinski definition) is 1. The third-order valence-electron chi connectivity index (χ3n) is 4.74. The molecule has 3 nitrogen and oxygen atoms in total. The fraction of sp³-hybridized carbons (Fsp3) is 0.857. The molecule has 3 heteroatoms. The average molecular weight is 238 g/mol. The van der Waals surface area contributed by atoms with Gasteiger partial charge in [-0.1, -0.05) is 12.8 Å². The van der Waals surface area contributed by atoms with E-state index in [4.69, 9.17) is 5.11 Å². The van der Waals surface area contributed by atoms with Crippen molar-refractivity contribution in [2.24, 2.45) is 23.7 Å². The first-order valence-electron chi connectivity index (χ1n) is 6.88. The smallest absolute Gasteiger partial charge is 0.306 e. The van der Waals surface area contributed by atoms with Crippen molar-refractivity contribution < 1.29 is 14.7 Å². The Hall–Kier alpha value is -0.860. The molecule has 0 spiro atoms. The third-order valence-corrected chi connectivity index (χ3v) is 4.74. The summed E-state index contributed by atoms with van der Waals surface area (Å²) >= 11 is 0. The zero-order chi connectivity index (χ0) is 12.3. The minimum absolute atomic E-state index is 0.114. The number of rotatable bonds is 3. The number of carbonyl (C=O) groups excluding carboxylic acids is 1. The monoisotopic (exact) mass is 238 g/mol. The lowest BCUT2D eigenvalue weighted by Crippen LogP contribution is -2.29. The number of carboxylic acid groups (broad SMARTS) is 1.